The zero-order valence-corrected chi connectivity index (χ0v) is 17.1. The van der Waals surface area contributed by atoms with E-state index in [1.807, 2.05) is 43.3 Å². The van der Waals surface area contributed by atoms with Crippen LogP contribution in [0.2, 0.25) is 0 Å². The van der Waals surface area contributed by atoms with Crippen LogP contribution in [-0.2, 0) is 10.1 Å². The van der Waals surface area contributed by atoms with Gasteiger partial charge in [0.05, 0.1) is 10.4 Å². The summed E-state index contributed by atoms with van der Waals surface area (Å²) in [4.78, 5) is 23.2. The Hall–Kier alpha value is -3.89. The highest BCUT2D eigenvalue weighted by molar-refractivity contribution is 7.85. The summed E-state index contributed by atoms with van der Waals surface area (Å²) >= 11 is 0. The second-order valence-corrected chi connectivity index (χ2v) is 8.09. The van der Waals surface area contributed by atoms with Gasteiger partial charge in [-0.2, -0.15) is 12.9 Å². The topological polar surface area (TPSA) is 130 Å². The summed E-state index contributed by atoms with van der Waals surface area (Å²) in [6, 6.07) is 17.1. The van der Waals surface area contributed by atoms with Gasteiger partial charge in [0.1, 0.15) is 0 Å². The number of nitrogens with one attached hydrogen (secondary N) is 1. The van der Waals surface area contributed by atoms with Gasteiger partial charge >= 0.3 is 5.69 Å². The maximum Gasteiger partial charge on any atom is 0.348 e. The van der Waals surface area contributed by atoms with E-state index in [9.17, 15) is 13.2 Å². The summed E-state index contributed by atoms with van der Waals surface area (Å²) in [7, 11) is -4.02. The number of aromatic nitrogens is 5. The van der Waals surface area contributed by atoms with Crippen molar-refractivity contribution >= 4 is 26.7 Å². The smallest absolute Gasteiger partial charge is 0.305 e. The number of nitrogens with zero attached hydrogens (tertiary/aromatic N) is 4. The monoisotopic (exact) mass is 435 g/mol. The van der Waals surface area contributed by atoms with Crippen LogP contribution in [0.5, 0.6) is 0 Å². The predicted octanol–water partition coefficient (Wildman–Crippen LogP) is 2.87. The van der Waals surface area contributed by atoms with E-state index in [1.165, 1.54) is 16.6 Å². The minimum atomic E-state index is -4.02. The molecule has 0 aliphatic carbocycles. The van der Waals surface area contributed by atoms with Crippen LogP contribution >= 0.6 is 0 Å². The first-order valence-corrected chi connectivity index (χ1v) is 10.6. The predicted molar refractivity (Wildman–Crippen MR) is 115 cm³/mol. The van der Waals surface area contributed by atoms with Crippen molar-refractivity contribution in [3.8, 4) is 11.4 Å². The number of aryl methyl sites for hydroxylation is 1. The lowest BCUT2D eigenvalue weighted by atomic mass is 10.2. The third kappa shape index (κ3) is 4.34. The molecule has 0 spiro atoms. The normalized spacial score (nSPS) is 11.3. The Bertz CT molecular complexity index is 1530. The van der Waals surface area contributed by atoms with Gasteiger partial charge in [0, 0.05) is 23.3 Å². The van der Waals surface area contributed by atoms with Crippen molar-refractivity contribution in [3.63, 3.8) is 0 Å². The molecule has 0 bridgehead atoms. The maximum atomic E-state index is 12.0. The fourth-order valence-electron chi connectivity index (χ4n) is 2.92. The Morgan fingerprint density at radius 1 is 0.968 bits per heavy atom. The van der Waals surface area contributed by atoms with Crippen molar-refractivity contribution in [1.82, 2.24) is 24.6 Å². The summed E-state index contributed by atoms with van der Waals surface area (Å²) in [5, 5.41) is 5.13. The lowest BCUT2D eigenvalue weighted by Gasteiger charge is -1.97. The molecular weight excluding hydrogens is 418 g/mol. The molecule has 3 aromatic heterocycles. The standard InChI is InChI=1S/C14H9N5O.C7H8O3S/c20-14-16-11-4-2-1-3-10(11)13-17-12(18-19(13)14)9-5-7-15-8-6-9;1-6-2-4-7(5-3-6)11(8,9)10/h1-8H,(H,16,20);2-5H,1H3,(H,8,9,10). The highest BCUT2D eigenvalue weighted by Gasteiger charge is 2.11. The molecule has 2 N–H and O–H groups in total. The third-order valence-electron chi connectivity index (χ3n) is 4.47. The number of para-hydroxylation sites is 1. The summed E-state index contributed by atoms with van der Waals surface area (Å²) in [6.45, 7) is 1.84. The summed E-state index contributed by atoms with van der Waals surface area (Å²) in [5.74, 6) is 0.509. The maximum absolute atomic E-state index is 12.0. The Morgan fingerprint density at radius 3 is 2.32 bits per heavy atom. The molecule has 9 nitrogen and oxygen atoms in total. The first kappa shape index (κ1) is 20.4. The third-order valence-corrected chi connectivity index (χ3v) is 5.33. The molecule has 156 valence electrons. The van der Waals surface area contributed by atoms with Gasteiger partial charge in [0.25, 0.3) is 10.1 Å². The van der Waals surface area contributed by atoms with Crippen LogP contribution in [0.15, 0.2) is 82.7 Å². The van der Waals surface area contributed by atoms with Crippen LogP contribution < -0.4 is 5.69 Å². The average Bonchev–Trinajstić information content (AvgIpc) is 3.21. The van der Waals surface area contributed by atoms with Gasteiger partial charge < -0.3 is 4.98 Å². The quantitative estimate of drug-likeness (QED) is 0.408. The number of aromatic amines is 1. The number of rotatable bonds is 2. The second-order valence-electron chi connectivity index (χ2n) is 6.67. The average molecular weight is 435 g/mol. The SMILES string of the molecule is Cc1ccc(S(=O)(=O)O)cc1.O=c1[nH]c2ccccc2c2nc(-c3ccncc3)nn12. The minimum Gasteiger partial charge on any atom is -0.305 e. The molecule has 0 fully saturated rings. The van der Waals surface area contributed by atoms with Crippen LogP contribution in [0, 0.1) is 6.92 Å². The van der Waals surface area contributed by atoms with Crippen LogP contribution in [0.1, 0.15) is 5.56 Å². The van der Waals surface area contributed by atoms with Gasteiger partial charge in [-0.15, -0.1) is 5.10 Å². The molecule has 0 atom stereocenters. The van der Waals surface area contributed by atoms with Crippen LogP contribution in [0.4, 0.5) is 0 Å². The first-order chi connectivity index (χ1) is 14.8. The van der Waals surface area contributed by atoms with Gasteiger partial charge in [0.15, 0.2) is 11.5 Å². The Morgan fingerprint density at radius 2 is 1.65 bits per heavy atom. The number of fused-ring (bicyclic) bond motifs is 3. The molecule has 0 saturated heterocycles. The fourth-order valence-corrected chi connectivity index (χ4v) is 3.40. The Balaban J connectivity index is 0.000000180. The Labute approximate surface area is 176 Å². The molecule has 0 aliphatic rings. The van der Waals surface area contributed by atoms with Gasteiger partial charge in [-0.1, -0.05) is 29.8 Å². The first-order valence-electron chi connectivity index (χ1n) is 9.15. The zero-order chi connectivity index (χ0) is 22.0. The minimum absolute atomic E-state index is 0.0666. The summed E-state index contributed by atoms with van der Waals surface area (Å²) < 4.78 is 30.8. The molecule has 0 aliphatic heterocycles. The summed E-state index contributed by atoms with van der Waals surface area (Å²) in [6.07, 6.45) is 3.34. The lowest BCUT2D eigenvalue weighted by Crippen LogP contribution is -2.17. The van der Waals surface area contributed by atoms with E-state index in [-0.39, 0.29) is 10.6 Å². The van der Waals surface area contributed by atoms with Crippen LogP contribution in [0.25, 0.3) is 27.9 Å². The van der Waals surface area contributed by atoms with E-state index < -0.39 is 10.1 Å². The van der Waals surface area contributed by atoms with Crippen LogP contribution in [0.3, 0.4) is 0 Å². The van der Waals surface area contributed by atoms with E-state index in [0.717, 1.165) is 22.0 Å². The van der Waals surface area contributed by atoms with Crippen molar-refractivity contribution in [2.24, 2.45) is 0 Å². The molecule has 0 radical (unpaired) electrons. The second kappa shape index (κ2) is 8.09. The van der Waals surface area contributed by atoms with Crippen molar-refractivity contribution in [2.45, 2.75) is 11.8 Å². The highest BCUT2D eigenvalue weighted by atomic mass is 32.2. The van der Waals surface area contributed by atoms with Gasteiger partial charge in [-0.3, -0.25) is 9.54 Å². The molecule has 3 heterocycles. The van der Waals surface area contributed by atoms with E-state index in [1.54, 1.807) is 24.5 Å². The molecule has 31 heavy (non-hydrogen) atoms. The van der Waals surface area contributed by atoms with Gasteiger partial charge in [0.2, 0.25) is 0 Å². The van der Waals surface area contributed by atoms with Gasteiger partial charge in [-0.05, 0) is 43.3 Å². The molecule has 5 rings (SSSR count). The highest BCUT2D eigenvalue weighted by Crippen LogP contribution is 2.19. The number of H-pyrrole nitrogens is 1. The molecule has 2 aromatic carbocycles. The number of benzene rings is 2. The fraction of sp³-hybridized carbons (Fsp3) is 0.0476. The number of pyridine rings is 1. The van der Waals surface area contributed by atoms with E-state index in [2.05, 4.69) is 20.1 Å². The van der Waals surface area contributed by atoms with E-state index >= 15 is 0 Å². The van der Waals surface area contributed by atoms with Crippen molar-refractivity contribution in [1.29, 1.82) is 0 Å². The molecule has 10 heteroatoms. The molecule has 0 unspecified atom stereocenters. The summed E-state index contributed by atoms with van der Waals surface area (Å²) in [5.41, 5.74) is 2.78. The molecule has 0 saturated carbocycles. The molecule has 5 aromatic rings. The van der Waals surface area contributed by atoms with Crippen molar-refractivity contribution in [2.75, 3.05) is 0 Å². The largest absolute Gasteiger partial charge is 0.348 e. The number of hydrogen-bond acceptors (Lipinski definition) is 6. The Kier molecular flexibility index (Phi) is 5.32. The van der Waals surface area contributed by atoms with E-state index in [0.29, 0.717) is 11.5 Å². The van der Waals surface area contributed by atoms with Crippen LogP contribution in [-0.4, -0.2) is 37.5 Å². The van der Waals surface area contributed by atoms with Crippen molar-refractivity contribution < 1.29 is 13.0 Å². The molecular formula is C21H17N5O4S. The zero-order valence-electron chi connectivity index (χ0n) is 16.3. The van der Waals surface area contributed by atoms with E-state index in [4.69, 9.17) is 4.55 Å². The lowest BCUT2D eigenvalue weighted by molar-refractivity contribution is 0.483. The number of hydrogen-bond donors (Lipinski definition) is 2. The van der Waals surface area contributed by atoms with Gasteiger partial charge in [-0.25, -0.2) is 9.78 Å². The van der Waals surface area contributed by atoms with Crippen molar-refractivity contribution in [3.05, 3.63) is 89.1 Å². The molecule has 0 amide bonds.